The molecule has 4 aromatic rings. The molecule has 3 aromatic carbocycles. The highest BCUT2D eigenvalue weighted by atomic mass is 79.9. The summed E-state index contributed by atoms with van der Waals surface area (Å²) in [6.45, 7) is 0.452. The molecular formula is C28H23Br2N3O5. The minimum Gasteiger partial charge on any atom is -0.493 e. The summed E-state index contributed by atoms with van der Waals surface area (Å²) in [5, 5.41) is 0.461. The first-order valence-corrected chi connectivity index (χ1v) is 13.5. The maximum atomic E-state index is 13.7. The number of rotatable bonds is 8. The number of methoxy groups -OCH3 is 2. The summed E-state index contributed by atoms with van der Waals surface area (Å²) in [6.07, 6.45) is 0.758. The van der Waals surface area contributed by atoms with E-state index >= 15 is 0 Å². The third-order valence-electron chi connectivity index (χ3n) is 6.57. The van der Waals surface area contributed by atoms with Gasteiger partial charge < -0.3 is 9.47 Å². The van der Waals surface area contributed by atoms with Crippen LogP contribution in [0.5, 0.6) is 11.5 Å². The molecule has 2 heterocycles. The lowest BCUT2D eigenvalue weighted by Gasteiger charge is -2.18. The van der Waals surface area contributed by atoms with Gasteiger partial charge in [-0.25, -0.2) is 4.98 Å². The first-order valence-electron chi connectivity index (χ1n) is 11.9. The average molecular weight is 641 g/mol. The Morgan fingerprint density at radius 3 is 2.16 bits per heavy atom. The van der Waals surface area contributed by atoms with Gasteiger partial charge in [-0.15, -0.1) is 0 Å². The third kappa shape index (κ3) is 4.74. The van der Waals surface area contributed by atoms with Gasteiger partial charge in [-0.3, -0.25) is 23.9 Å². The maximum Gasteiger partial charge on any atom is 0.261 e. The Balaban J connectivity index is 1.49. The van der Waals surface area contributed by atoms with Crippen molar-refractivity contribution in [1.29, 1.82) is 0 Å². The van der Waals surface area contributed by atoms with Gasteiger partial charge >= 0.3 is 0 Å². The predicted octanol–water partition coefficient (Wildman–Crippen LogP) is 5.02. The van der Waals surface area contributed by atoms with Gasteiger partial charge in [-0.1, -0.05) is 34.1 Å². The maximum absolute atomic E-state index is 13.7. The second kappa shape index (κ2) is 10.7. The van der Waals surface area contributed by atoms with Crippen molar-refractivity contribution in [3.63, 3.8) is 0 Å². The van der Waals surface area contributed by atoms with Crippen LogP contribution in [0.3, 0.4) is 0 Å². The normalized spacial score (nSPS) is 12.8. The quantitative estimate of drug-likeness (QED) is 0.251. The highest BCUT2D eigenvalue weighted by Crippen LogP contribution is 2.29. The van der Waals surface area contributed by atoms with Crippen molar-refractivity contribution in [3.8, 4) is 11.5 Å². The number of aryl methyl sites for hydroxylation is 1. The van der Waals surface area contributed by atoms with E-state index in [1.165, 1.54) is 4.90 Å². The second-order valence-corrected chi connectivity index (χ2v) is 10.5. The minimum absolute atomic E-state index is 0.106. The average Bonchev–Trinajstić information content (AvgIpc) is 3.16. The van der Waals surface area contributed by atoms with E-state index in [4.69, 9.17) is 14.5 Å². The summed E-state index contributed by atoms with van der Waals surface area (Å²) < 4.78 is 13.8. The second-order valence-electron chi connectivity index (χ2n) is 8.77. The molecule has 0 radical (unpaired) electrons. The predicted molar refractivity (Wildman–Crippen MR) is 150 cm³/mol. The molecule has 1 aliphatic heterocycles. The van der Waals surface area contributed by atoms with Crippen LogP contribution in [-0.4, -0.2) is 47.0 Å². The molecule has 0 saturated heterocycles. The molecule has 0 bridgehead atoms. The van der Waals surface area contributed by atoms with Crippen molar-refractivity contribution >= 4 is 54.6 Å². The Kier molecular flexibility index (Phi) is 7.36. The molecule has 5 rings (SSSR count). The SMILES string of the molecule is COc1ccc(CCn2c(CCN3C(=O)c4ccccc4C3=O)nc3c(Br)cc(Br)cc3c2=O)cc1OC. The number of hydrogen-bond donors (Lipinski definition) is 0. The van der Waals surface area contributed by atoms with Crippen LogP contribution in [0.25, 0.3) is 10.9 Å². The summed E-state index contributed by atoms with van der Waals surface area (Å²) >= 11 is 6.97. The largest absolute Gasteiger partial charge is 0.493 e. The first-order chi connectivity index (χ1) is 18.3. The van der Waals surface area contributed by atoms with Gasteiger partial charge in [-0.05, 0) is 64.3 Å². The van der Waals surface area contributed by atoms with Crippen LogP contribution in [-0.2, 0) is 19.4 Å². The van der Waals surface area contributed by atoms with E-state index in [1.807, 2.05) is 24.3 Å². The van der Waals surface area contributed by atoms with Gasteiger partial charge in [0.2, 0.25) is 0 Å². The Bertz CT molecular complexity index is 1620. The molecule has 0 N–H and O–H groups in total. The number of carbonyl (C=O) groups is 2. The van der Waals surface area contributed by atoms with E-state index in [-0.39, 0.29) is 30.3 Å². The van der Waals surface area contributed by atoms with Crippen LogP contribution in [0.15, 0.2) is 68.3 Å². The molecule has 0 spiro atoms. The van der Waals surface area contributed by atoms with Crippen LogP contribution in [0.2, 0.25) is 0 Å². The van der Waals surface area contributed by atoms with Crippen LogP contribution in [0.1, 0.15) is 32.1 Å². The zero-order valence-electron chi connectivity index (χ0n) is 20.7. The summed E-state index contributed by atoms with van der Waals surface area (Å²) in [5.74, 6) is 1.04. The molecule has 1 aromatic heterocycles. The van der Waals surface area contributed by atoms with Gasteiger partial charge in [0.05, 0.1) is 36.2 Å². The molecule has 1 aliphatic rings. The molecule has 0 saturated carbocycles. The topological polar surface area (TPSA) is 90.7 Å². The number of ether oxygens (including phenoxy) is 2. The van der Waals surface area contributed by atoms with E-state index < -0.39 is 0 Å². The summed E-state index contributed by atoms with van der Waals surface area (Å²) in [5.41, 5.74) is 2.06. The molecule has 38 heavy (non-hydrogen) atoms. The number of imide groups is 1. The first kappa shape index (κ1) is 26.1. The minimum atomic E-state index is -0.337. The standard InChI is InChI=1S/C28H23Br2N3O5/c1-37-22-8-7-16(13-23(22)38-2)9-11-32-24(31-25-20(28(32)36)14-17(29)15-21(25)30)10-12-33-26(34)18-5-3-4-6-19(18)27(33)35/h3-8,13-15H,9-12H2,1-2H3. The Labute approximate surface area is 235 Å². The van der Waals surface area contributed by atoms with Gasteiger partial charge in [-0.2, -0.15) is 0 Å². The van der Waals surface area contributed by atoms with Crippen molar-refractivity contribution in [2.75, 3.05) is 20.8 Å². The summed E-state index contributed by atoms with van der Waals surface area (Å²) in [6, 6.07) is 16.0. The molecule has 0 aliphatic carbocycles. The van der Waals surface area contributed by atoms with Crippen molar-refractivity contribution in [2.24, 2.45) is 0 Å². The van der Waals surface area contributed by atoms with Crippen molar-refractivity contribution in [3.05, 3.63) is 96.4 Å². The number of nitrogens with zero attached hydrogens (tertiary/aromatic N) is 3. The van der Waals surface area contributed by atoms with Crippen LogP contribution >= 0.6 is 31.9 Å². The van der Waals surface area contributed by atoms with Crippen LogP contribution < -0.4 is 15.0 Å². The molecule has 8 nitrogen and oxygen atoms in total. The fraction of sp³-hybridized carbons (Fsp3) is 0.214. The monoisotopic (exact) mass is 639 g/mol. The number of halogens is 2. The number of carbonyl (C=O) groups excluding carboxylic acids is 2. The zero-order chi connectivity index (χ0) is 27.0. The number of hydrogen-bond acceptors (Lipinski definition) is 6. The van der Waals surface area contributed by atoms with E-state index in [0.29, 0.717) is 56.8 Å². The van der Waals surface area contributed by atoms with Crippen LogP contribution in [0, 0.1) is 0 Å². The van der Waals surface area contributed by atoms with Gasteiger partial charge in [0, 0.05) is 28.5 Å². The fourth-order valence-corrected chi connectivity index (χ4v) is 5.96. The molecule has 0 unspecified atom stereocenters. The summed E-state index contributed by atoms with van der Waals surface area (Å²) in [4.78, 5) is 45.5. The Hall–Kier alpha value is -3.50. The van der Waals surface area contributed by atoms with Gasteiger partial charge in [0.25, 0.3) is 17.4 Å². The van der Waals surface area contributed by atoms with Crippen molar-refractivity contribution in [1.82, 2.24) is 14.5 Å². The smallest absolute Gasteiger partial charge is 0.261 e. The number of amides is 2. The molecular weight excluding hydrogens is 618 g/mol. The lowest BCUT2D eigenvalue weighted by Crippen LogP contribution is -2.34. The molecule has 0 atom stereocenters. The lowest BCUT2D eigenvalue weighted by molar-refractivity contribution is 0.0655. The van der Waals surface area contributed by atoms with E-state index in [0.717, 1.165) is 10.0 Å². The van der Waals surface area contributed by atoms with E-state index in [2.05, 4.69) is 31.9 Å². The van der Waals surface area contributed by atoms with Crippen molar-refractivity contribution < 1.29 is 19.1 Å². The van der Waals surface area contributed by atoms with Crippen LogP contribution in [0.4, 0.5) is 0 Å². The Morgan fingerprint density at radius 2 is 1.50 bits per heavy atom. The number of aromatic nitrogens is 2. The Morgan fingerprint density at radius 1 is 0.816 bits per heavy atom. The lowest BCUT2D eigenvalue weighted by atomic mass is 10.1. The number of fused-ring (bicyclic) bond motifs is 2. The molecule has 2 amide bonds. The molecule has 10 heteroatoms. The summed E-state index contributed by atoms with van der Waals surface area (Å²) in [7, 11) is 3.15. The highest BCUT2D eigenvalue weighted by molar-refractivity contribution is 9.11. The molecule has 194 valence electrons. The van der Waals surface area contributed by atoms with E-state index in [9.17, 15) is 14.4 Å². The van der Waals surface area contributed by atoms with E-state index in [1.54, 1.807) is 49.1 Å². The third-order valence-corrected chi connectivity index (χ3v) is 7.63. The van der Waals surface area contributed by atoms with Gasteiger partial charge in [0.15, 0.2) is 11.5 Å². The zero-order valence-corrected chi connectivity index (χ0v) is 23.8. The highest BCUT2D eigenvalue weighted by Gasteiger charge is 2.35. The molecule has 0 fully saturated rings. The fourth-order valence-electron chi connectivity index (χ4n) is 4.65. The van der Waals surface area contributed by atoms with Crippen molar-refractivity contribution in [2.45, 2.75) is 19.4 Å². The number of benzene rings is 3. The van der Waals surface area contributed by atoms with Gasteiger partial charge in [0.1, 0.15) is 5.82 Å².